The van der Waals surface area contributed by atoms with Crippen LogP contribution in [0.15, 0.2) is 53.4 Å². The Hall–Kier alpha value is -2.93. The molecule has 1 atom stereocenters. The highest BCUT2D eigenvalue weighted by atomic mass is 32.2. The summed E-state index contributed by atoms with van der Waals surface area (Å²) in [5.74, 6) is -0.882. The predicted molar refractivity (Wildman–Crippen MR) is 102 cm³/mol. The molecule has 0 saturated carbocycles. The molecule has 0 saturated heterocycles. The summed E-state index contributed by atoms with van der Waals surface area (Å²) in [7, 11) is -3.27. The zero-order chi connectivity index (χ0) is 19.3. The lowest BCUT2D eigenvalue weighted by molar-refractivity contribution is 0.0689. The van der Waals surface area contributed by atoms with E-state index >= 15 is 0 Å². The lowest BCUT2D eigenvalue weighted by Gasteiger charge is -2.24. The van der Waals surface area contributed by atoms with Gasteiger partial charge in [0.25, 0.3) is 0 Å². The molecule has 27 heavy (non-hydrogen) atoms. The molecule has 0 bridgehead atoms. The Morgan fingerprint density at radius 2 is 1.89 bits per heavy atom. The number of sulfone groups is 1. The van der Waals surface area contributed by atoms with E-state index in [1.54, 1.807) is 28.9 Å². The molecule has 1 unspecified atom stereocenters. The molecule has 1 aromatic heterocycles. The Morgan fingerprint density at radius 1 is 1.15 bits per heavy atom. The molecule has 1 aliphatic heterocycles. The van der Waals surface area contributed by atoms with Crippen LogP contribution in [-0.2, 0) is 16.4 Å². The van der Waals surface area contributed by atoms with E-state index in [0.717, 1.165) is 27.9 Å². The number of nitrogens with zero attached hydrogens (tertiary/aromatic N) is 2. The van der Waals surface area contributed by atoms with Gasteiger partial charge in [0.1, 0.15) is 0 Å². The van der Waals surface area contributed by atoms with Gasteiger partial charge in [0.05, 0.1) is 10.6 Å². The largest absolute Gasteiger partial charge is 0.476 e. The van der Waals surface area contributed by atoms with E-state index in [1.807, 2.05) is 18.2 Å². The normalized spacial score (nSPS) is 15.9. The van der Waals surface area contributed by atoms with Gasteiger partial charge in [-0.1, -0.05) is 37.3 Å². The van der Waals surface area contributed by atoms with Gasteiger partial charge in [-0.15, -0.1) is 0 Å². The molecule has 0 fully saturated rings. The average Bonchev–Trinajstić information content (AvgIpc) is 3.05. The van der Waals surface area contributed by atoms with Crippen LogP contribution in [0.3, 0.4) is 0 Å². The van der Waals surface area contributed by atoms with Crippen molar-refractivity contribution in [2.75, 3.05) is 6.26 Å². The summed E-state index contributed by atoms with van der Waals surface area (Å²) in [5, 5.41) is 13.4. The molecule has 138 valence electrons. The molecule has 7 heteroatoms. The highest BCUT2D eigenvalue weighted by molar-refractivity contribution is 7.90. The number of fused-ring (bicyclic) bond motifs is 3. The van der Waals surface area contributed by atoms with E-state index in [0.29, 0.717) is 6.54 Å². The van der Waals surface area contributed by atoms with Gasteiger partial charge in [-0.25, -0.2) is 13.2 Å². The third-order valence-electron chi connectivity index (χ3n) is 4.90. The van der Waals surface area contributed by atoms with Gasteiger partial charge in [-0.2, -0.15) is 5.10 Å². The number of benzene rings is 2. The van der Waals surface area contributed by atoms with E-state index in [2.05, 4.69) is 18.1 Å². The Balaban J connectivity index is 1.83. The molecule has 2 heterocycles. The SMILES string of the molecule is CC1Cn2nc(C(=O)O)cc2-c2ccc(-c3cccc(S(C)(=O)=O)c3)cc21. The number of aromatic nitrogens is 2. The van der Waals surface area contributed by atoms with Crippen LogP contribution < -0.4 is 0 Å². The number of carboxylic acid groups (broad SMARTS) is 1. The minimum Gasteiger partial charge on any atom is -0.476 e. The first-order chi connectivity index (χ1) is 12.7. The smallest absolute Gasteiger partial charge is 0.356 e. The first-order valence-corrected chi connectivity index (χ1v) is 10.4. The highest BCUT2D eigenvalue weighted by Crippen LogP contribution is 2.38. The molecule has 1 aliphatic rings. The predicted octanol–water partition coefficient (Wildman–Crippen LogP) is 3.44. The fraction of sp³-hybridized carbons (Fsp3) is 0.200. The van der Waals surface area contributed by atoms with Crippen LogP contribution in [-0.4, -0.2) is 35.5 Å². The topological polar surface area (TPSA) is 89.3 Å². The van der Waals surface area contributed by atoms with Crippen molar-refractivity contribution in [1.82, 2.24) is 9.78 Å². The molecule has 6 nitrogen and oxygen atoms in total. The van der Waals surface area contributed by atoms with Crippen LogP contribution in [0.25, 0.3) is 22.4 Å². The van der Waals surface area contributed by atoms with Gasteiger partial charge in [-0.3, -0.25) is 4.68 Å². The summed E-state index contributed by atoms with van der Waals surface area (Å²) in [5.41, 5.74) is 4.64. The lowest BCUT2D eigenvalue weighted by atomic mass is 9.88. The molecule has 2 aromatic carbocycles. The van der Waals surface area contributed by atoms with E-state index < -0.39 is 15.8 Å². The van der Waals surface area contributed by atoms with Gasteiger partial charge < -0.3 is 5.11 Å². The fourth-order valence-electron chi connectivity index (χ4n) is 3.52. The van der Waals surface area contributed by atoms with Crippen molar-refractivity contribution >= 4 is 15.8 Å². The molecular weight excluding hydrogens is 364 g/mol. The van der Waals surface area contributed by atoms with Crippen molar-refractivity contribution in [2.24, 2.45) is 0 Å². The monoisotopic (exact) mass is 382 g/mol. The molecule has 1 N–H and O–H groups in total. The summed E-state index contributed by atoms with van der Waals surface area (Å²) in [6, 6.07) is 14.4. The quantitative estimate of drug-likeness (QED) is 0.749. The number of rotatable bonds is 3. The molecule has 3 aromatic rings. The van der Waals surface area contributed by atoms with Crippen molar-refractivity contribution < 1.29 is 18.3 Å². The second kappa shape index (κ2) is 6.06. The summed E-state index contributed by atoms with van der Waals surface area (Å²) in [6.07, 6.45) is 1.20. The maximum Gasteiger partial charge on any atom is 0.356 e. The van der Waals surface area contributed by atoms with Crippen molar-refractivity contribution in [3.63, 3.8) is 0 Å². The zero-order valence-electron chi connectivity index (χ0n) is 14.9. The second-order valence-electron chi connectivity index (χ2n) is 6.91. The average molecular weight is 382 g/mol. The Kier molecular flexibility index (Phi) is 3.92. The van der Waals surface area contributed by atoms with Gasteiger partial charge in [0, 0.05) is 24.3 Å². The number of hydrogen-bond donors (Lipinski definition) is 1. The van der Waals surface area contributed by atoms with Crippen LogP contribution in [0, 0.1) is 0 Å². The Labute approximate surface area is 157 Å². The highest BCUT2D eigenvalue weighted by Gasteiger charge is 2.25. The van der Waals surface area contributed by atoms with E-state index in [9.17, 15) is 18.3 Å². The summed E-state index contributed by atoms with van der Waals surface area (Å²) in [4.78, 5) is 11.5. The molecular formula is C20H18N2O4S. The van der Waals surface area contributed by atoms with E-state index in [1.165, 1.54) is 6.26 Å². The van der Waals surface area contributed by atoms with Crippen molar-refractivity contribution in [2.45, 2.75) is 24.3 Å². The van der Waals surface area contributed by atoms with E-state index in [-0.39, 0.29) is 16.5 Å². The van der Waals surface area contributed by atoms with Gasteiger partial charge >= 0.3 is 5.97 Å². The van der Waals surface area contributed by atoms with Crippen LogP contribution in [0.1, 0.15) is 28.9 Å². The summed E-state index contributed by atoms with van der Waals surface area (Å²) >= 11 is 0. The maximum absolute atomic E-state index is 11.8. The first kappa shape index (κ1) is 17.5. The Morgan fingerprint density at radius 3 is 2.59 bits per heavy atom. The van der Waals surface area contributed by atoms with Crippen LogP contribution in [0.5, 0.6) is 0 Å². The van der Waals surface area contributed by atoms with Crippen LogP contribution >= 0.6 is 0 Å². The minimum absolute atomic E-state index is 0.0370. The van der Waals surface area contributed by atoms with Crippen molar-refractivity contribution in [1.29, 1.82) is 0 Å². The molecule has 4 rings (SSSR count). The maximum atomic E-state index is 11.8. The lowest BCUT2D eigenvalue weighted by Crippen LogP contribution is -2.16. The van der Waals surface area contributed by atoms with Gasteiger partial charge in [0.2, 0.25) is 0 Å². The van der Waals surface area contributed by atoms with Gasteiger partial charge in [0.15, 0.2) is 15.5 Å². The fourth-order valence-corrected chi connectivity index (χ4v) is 4.19. The number of aromatic carboxylic acids is 1. The second-order valence-corrected chi connectivity index (χ2v) is 8.92. The Bertz CT molecular complexity index is 1180. The summed E-state index contributed by atoms with van der Waals surface area (Å²) < 4.78 is 25.4. The van der Waals surface area contributed by atoms with Crippen LogP contribution in [0.4, 0.5) is 0 Å². The summed E-state index contributed by atoms with van der Waals surface area (Å²) in [6.45, 7) is 2.67. The third-order valence-corrected chi connectivity index (χ3v) is 6.01. The number of hydrogen-bond acceptors (Lipinski definition) is 4. The van der Waals surface area contributed by atoms with Crippen molar-refractivity contribution in [3.8, 4) is 22.4 Å². The standard InChI is InChI=1S/C20H18N2O4S/c1-12-11-22-19(10-18(21-22)20(23)24)16-7-6-14(9-17(12)16)13-4-3-5-15(8-13)27(2,25)26/h3-10,12H,11H2,1-2H3,(H,23,24). The number of carbonyl (C=O) groups is 1. The number of carboxylic acids is 1. The van der Waals surface area contributed by atoms with Gasteiger partial charge in [-0.05, 0) is 34.9 Å². The molecule has 0 spiro atoms. The molecule has 0 aliphatic carbocycles. The van der Waals surface area contributed by atoms with Crippen molar-refractivity contribution in [3.05, 3.63) is 59.8 Å². The minimum atomic E-state index is -3.27. The van der Waals surface area contributed by atoms with Crippen LogP contribution in [0.2, 0.25) is 0 Å². The third kappa shape index (κ3) is 3.04. The first-order valence-electron chi connectivity index (χ1n) is 8.50. The zero-order valence-corrected chi connectivity index (χ0v) is 15.7. The molecule has 0 radical (unpaired) electrons. The van der Waals surface area contributed by atoms with E-state index in [4.69, 9.17) is 0 Å². The molecule has 0 amide bonds.